The molecule has 0 bridgehead atoms. The molecule has 0 aliphatic carbocycles. The molecule has 1 aromatic carbocycles. The first kappa shape index (κ1) is 16.5. The van der Waals surface area contributed by atoms with E-state index >= 15 is 0 Å². The fourth-order valence-electron chi connectivity index (χ4n) is 1.70. The maximum absolute atomic E-state index is 11.2. The van der Waals surface area contributed by atoms with Gasteiger partial charge in [-0.2, -0.15) is 0 Å². The van der Waals surface area contributed by atoms with E-state index in [0.29, 0.717) is 13.0 Å². The first-order chi connectivity index (χ1) is 9.42. The SMILES string of the molecule is CCC(=O)Nc1ccc(C(Cl)CN(C)CC(=O)O)cc1. The van der Waals surface area contributed by atoms with Crippen LogP contribution in [0, 0.1) is 0 Å². The highest BCUT2D eigenvalue weighted by atomic mass is 35.5. The summed E-state index contributed by atoms with van der Waals surface area (Å²) < 4.78 is 0. The lowest BCUT2D eigenvalue weighted by atomic mass is 10.1. The van der Waals surface area contributed by atoms with Crippen LogP contribution in [0.25, 0.3) is 0 Å². The van der Waals surface area contributed by atoms with Crippen LogP contribution in [0.5, 0.6) is 0 Å². The van der Waals surface area contributed by atoms with Crippen molar-refractivity contribution in [2.24, 2.45) is 0 Å². The van der Waals surface area contributed by atoms with Crippen molar-refractivity contribution >= 4 is 29.2 Å². The molecule has 6 heteroatoms. The average Bonchev–Trinajstić information content (AvgIpc) is 2.38. The molecule has 0 fully saturated rings. The second kappa shape index (κ2) is 7.87. The van der Waals surface area contributed by atoms with Crippen LogP contribution < -0.4 is 5.32 Å². The lowest BCUT2D eigenvalue weighted by Crippen LogP contribution is -2.28. The zero-order valence-corrected chi connectivity index (χ0v) is 12.4. The summed E-state index contributed by atoms with van der Waals surface area (Å²) in [7, 11) is 1.71. The number of carboxylic acids is 1. The number of carbonyl (C=O) groups excluding carboxylic acids is 1. The molecular formula is C14H19ClN2O3. The largest absolute Gasteiger partial charge is 0.480 e. The number of aliphatic carboxylic acids is 1. The van der Waals surface area contributed by atoms with Crippen molar-refractivity contribution < 1.29 is 14.7 Å². The summed E-state index contributed by atoms with van der Waals surface area (Å²) in [4.78, 5) is 23.5. The lowest BCUT2D eigenvalue weighted by molar-refractivity contribution is -0.138. The third kappa shape index (κ3) is 5.59. The number of nitrogens with one attached hydrogen (secondary N) is 1. The van der Waals surface area contributed by atoms with Crippen LogP contribution in [0.2, 0.25) is 0 Å². The average molecular weight is 299 g/mol. The minimum atomic E-state index is -0.881. The molecule has 1 aromatic rings. The highest BCUT2D eigenvalue weighted by Crippen LogP contribution is 2.23. The number of anilines is 1. The van der Waals surface area contributed by atoms with Gasteiger partial charge in [-0.25, -0.2) is 0 Å². The number of hydrogen-bond donors (Lipinski definition) is 2. The van der Waals surface area contributed by atoms with E-state index in [2.05, 4.69) is 5.32 Å². The van der Waals surface area contributed by atoms with E-state index < -0.39 is 5.97 Å². The van der Waals surface area contributed by atoms with E-state index in [1.807, 2.05) is 12.1 Å². The quantitative estimate of drug-likeness (QED) is 0.758. The van der Waals surface area contributed by atoms with E-state index in [1.54, 1.807) is 31.0 Å². The number of nitrogens with zero attached hydrogens (tertiary/aromatic N) is 1. The Kier molecular flexibility index (Phi) is 6.48. The highest BCUT2D eigenvalue weighted by molar-refractivity contribution is 6.21. The lowest BCUT2D eigenvalue weighted by Gasteiger charge is -2.18. The number of rotatable bonds is 7. The molecule has 0 saturated carbocycles. The number of likely N-dealkylation sites (N-methyl/N-ethyl adjacent to an activating group) is 1. The maximum atomic E-state index is 11.2. The summed E-state index contributed by atoms with van der Waals surface area (Å²) in [6.45, 7) is 2.18. The van der Waals surface area contributed by atoms with Crippen LogP contribution in [0.4, 0.5) is 5.69 Å². The number of amides is 1. The number of carbonyl (C=O) groups is 2. The van der Waals surface area contributed by atoms with Crippen LogP contribution in [0.3, 0.4) is 0 Å². The summed E-state index contributed by atoms with van der Waals surface area (Å²) >= 11 is 6.25. The minimum Gasteiger partial charge on any atom is -0.480 e. The fraction of sp³-hybridized carbons (Fsp3) is 0.429. The zero-order chi connectivity index (χ0) is 15.1. The van der Waals surface area contributed by atoms with E-state index in [0.717, 1.165) is 11.3 Å². The Morgan fingerprint density at radius 2 is 1.95 bits per heavy atom. The second-order valence-corrected chi connectivity index (χ2v) is 5.11. The Labute approximate surface area is 123 Å². The molecule has 0 aliphatic heterocycles. The fourth-order valence-corrected chi connectivity index (χ4v) is 2.08. The van der Waals surface area contributed by atoms with Crippen LogP contribution in [0.15, 0.2) is 24.3 Å². The van der Waals surface area contributed by atoms with E-state index in [1.165, 1.54) is 0 Å². The van der Waals surface area contributed by atoms with Gasteiger partial charge in [0.2, 0.25) is 5.91 Å². The summed E-state index contributed by atoms with van der Waals surface area (Å²) in [5.41, 5.74) is 1.61. The molecule has 0 radical (unpaired) electrons. The van der Waals surface area contributed by atoms with Crippen LogP contribution >= 0.6 is 11.6 Å². The first-order valence-electron chi connectivity index (χ1n) is 6.36. The predicted molar refractivity (Wildman–Crippen MR) is 79.1 cm³/mol. The molecule has 110 valence electrons. The van der Waals surface area contributed by atoms with Gasteiger partial charge < -0.3 is 10.4 Å². The summed E-state index contributed by atoms with van der Waals surface area (Å²) in [5, 5.41) is 11.1. The monoisotopic (exact) mass is 298 g/mol. The summed E-state index contributed by atoms with van der Waals surface area (Å²) in [5.74, 6) is -0.921. The molecule has 0 aromatic heterocycles. The third-order valence-corrected chi connectivity index (χ3v) is 3.14. The maximum Gasteiger partial charge on any atom is 0.317 e. The number of benzene rings is 1. The van der Waals surface area contributed by atoms with Gasteiger partial charge >= 0.3 is 5.97 Å². The topological polar surface area (TPSA) is 69.6 Å². The number of alkyl halides is 1. The smallest absolute Gasteiger partial charge is 0.317 e. The zero-order valence-electron chi connectivity index (χ0n) is 11.6. The van der Waals surface area contributed by atoms with Gasteiger partial charge in [0.05, 0.1) is 11.9 Å². The van der Waals surface area contributed by atoms with Crippen molar-refractivity contribution in [3.8, 4) is 0 Å². The Balaban J connectivity index is 2.59. The Bertz CT molecular complexity index is 462. The molecule has 20 heavy (non-hydrogen) atoms. The Hall–Kier alpha value is -1.59. The van der Waals surface area contributed by atoms with Crippen molar-refractivity contribution in [2.75, 3.05) is 25.5 Å². The number of halogens is 1. The Morgan fingerprint density at radius 3 is 2.45 bits per heavy atom. The third-order valence-electron chi connectivity index (χ3n) is 2.75. The van der Waals surface area contributed by atoms with E-state index in [4.69, 9.17) is 16.7 Å². The van der Waals surface area contributed by atoms with Gasteiger partial charge in [0.1, 0.15) is 0 Å². The standard InChI is InChI=1S/C14H19ClN2O3/c1-3-13(18)16-11-6-4-10(5-7-11)12(15)8-17(2)9-14(19)20/h4-7,12H,3,8-9H2,1-2H3,(H,16,18)(H,19,20). The van der Waals surface area contributed by atoms with Crippen molar-refractivity contribution in [2.45, 2.75) is 18.7 Å². The van der Waals surface area contributed by atoms with Crippen molar-refractivity contribution in [3.05, 3.63) is 29.8 Å². The van der Waals surface area contributed by atoms with Crippen molar-refractivity contribution in [1.82, 2.24) is 4.90 Å². The van der Waals surface area contributed by atoms with Gasteiger partial charge in [-0.3, -0.25) is 14.5 Å². The minimum absolute atomic E-state index is 0.0404. The van der Waals surface area contributed by atoms with Gasteiger partial charge in [-0.15, -0.1) is 11.6 Å². The number of carboxylic acid groups (broad SMARTS) is 1. The van der Waals surface area contributed by atoms with Gasteiger partial charge in [0, 0.05) is 18.7 Å². The molecule has 5 nitrogen and oxygen atoms in total. The van der Waals surface area contributed by atoms with E-state index in [-0.39, 0.29) is 17.8 Å². The molecule has 0 heterocycles. The summed E-state index contributed by atoms with van der Waals surface area (Å²) in [6.07, 6.45) is 0.430. The molecule has 1 rings (SSSR count). The highest BCUT2D eigenvalue weighted by Gasteiger charge is 2.13. The van der Waals surface area contributed by atoms with Crippen molar-refractivity contribution in [3.63, 3.8) is 0 Å². The summed E-state index contributed by atoms with van der Waals surface area (Å²) in [6, 6.07) is 7.24. The van der Waals surface area contributed by atoms with Gasteiger partial charge in [0.15, 0.2) is 0 Å². The Morgan fingerprint density at radius 1 is 1.35 bits per heavy atom. The molecule has 1 unspecified atom stereocenters. The molecule has 1 amide bonds. The number of hydrogen-bond acceptors (Lipinski definition) is 3. The van der Waals surface area contributed by atoms with Gasteiger partial charge in [0.25, 0.3) is 0 Å². The molecule has 0 aliphatic rings. The first-order valence-corrected chi connectivity index (χ1v) is 6.80. The second-order valence-electron chi connectivity index (χ2n) is 4.58. The van der Waals surface area contributed by atoms with Crippen LogP contribution in [-0.4, -0.2) is 42.0 Å². The normalized spacial score (nSPS) is 12.2. The molecule has 0 spiro atoms. The van der Waals surface area contributed by atoms with Crippen LogP contribution in [-0.2, 0) is 9.59 Å². The van der Waals surface area contributed by atoms with Gasteiger partial charge in [-0.1, -0.05) is 19.1 Å². The molecule has 1 atom stereocenters. The van der Waals surface area contributed by atoms with Gasteiger partial charge in [-0.05, 0) is 24.7 Å². The predicted octanol–water partition coefficient (Wildman–Crippen LogP) is 2.33. The van der Waals surface area contributed by atoms with Crippen LogP contribution in [0.1, 0.15) is 24.3 Å². The molecular weight excluding hydrogens is 280 g/mol. The van der Waals surface area contributed by atoms with Crippen molar-refractivity contribution in [1.29, 1.82) is 0 Å². The molecule has 0 saturated heterocycles. The molecule has 2 N–H and O–H groups in total. The van der Waals surface area contributed by atoms with E-state index in [9.17, 15) is 9.59 Å².